The predicted octanol–water partition coefficient (Wildman–Crippen LogP) is 1.67. The van der Waals surface area contributed by atoms with Crippen molar-refractivity contribution in [2.24, 2.45) is 11.8 Å². The lowest BCUT2D eigenvalue weighted by atomic mass is 9.82. The Morgan fingerprint density at radius 3 is 1.60 bits per heavy atom. The van der Waals surface area contributed by atoms with E-state index in [-0.39, 0.29) is 29.0 Å². The van der Waals surface area contributed by atoms with E-state index in [0.717, 1.165) is 37.3 Å². The van der Waals surface area contributed by atoms with E-state index in [0.29, 0.717) is 38.0 Å². The molecule has 4 aliphatic rings. The van der Waals surface area contributed by atoms with Gasteiger partial charge in [0.05, 0.1) is 0 Å². The van der Waals surface area contributed by atoms with Gasteiger partial charge < -0.3 is 18.9 Å². The van der Waals surface area contributed by atoms with E-state index < -0.39 is 0 Å². The summed E-state index contributed by atoms with van der Waals surface area (Å²) in [4.78, 5) is 42.0. The monoisotopic (exact) mass is 406 g/mol. The molecule has 4 atom stereocenters. The Bertz CT molecular complexity index is 1050. The maximum Gasteiger partial charge on any atom is 0.320 e. The maximum absolute atomic E-state index is 13.5. The molecule has 2 aromatic heterocycles. The van der Waals surface area contributed by atoms with Gasteiger partial charge in [0.1, 0.15) is 0 Å². The smallest absolute Gasteiger partial charge is 0.320 e. The van der Waals surface area contributed by atoms with Crippen LogP contribution in [0, 0.1) is 11.8 Å². The Morgan fingerprint density at radius 1 is 0.667 bits per heavy atom. The van der Waals surface area contributed by atoms with Crippen molar-refractivity contribution in [3.8, 4) is 0 Å². The number of carbonyl (C=O) groups excluding carboxylic acids is 1. The van der Waals surface area contributed by atoms with E-state index in [4.69, 9.17) is 0 Å². The van der Waals surface area contributed by atoms with E-state index in [2.05, 4.69) is 0 Å². The molecule has 0 aromatic carbocycles. The van der Waals surface area contributed by atoms with Crippen molar-refractivity contribution in [3.63, 3.8) is 0 Å². The summed E-state index contributed by atoms with van der Waals surface area (Å²) in [6.45, 7) is 4.21. The molecule has 0 N–H and O–H groups in total. The summed E-state index contributed by atoms with van der Waals surface area (Å²) in [5, 5.41) is 0. The first-order valence-electron chi connectivity index (χ1n) is 11.0. The number of rotatable bonds is 0. The highest BCUT2D eigenvalue weighted by atomic mass is 16.2. The second kappa shape index (κ2) is 6.59. The van der Waals surface area contributed by atoms with Crippen molar-refractivity contribution in [1.29, 1.82) is 0 Å². The predicted molar refractivity (Wildman–Crippen MR) is 112 cm³/mol. The zero-order valence-corrected chi connectivity index (χ0v) is 16.9. The standard InChI is InChI=1S/C23H26N4O3/c28-21-5-1-3-19-17-7-15(11-26(19)21)9-24(13-17)23(30)25-10-16-8-18(14-25)20-4-2-6-22(29)27(20)12-16/h1-6,15-18H,7-14H2/t15-,16-,17+,18+/m0/s1. The Hall–Kier alpha value is -2.83. The SMILES string of the molecule is O=C(N1C[C@@H]2C[C@H](C1)c1cccc(=O)n1C2)N1C[C@@H]2C[C@H](C1)c1cccc(=O)n1C2. The van der Waals surface area contributed by atoms with Gasteiger partial charge in [-0.15, -0.1) is 0 Å². The number of piperidine rings is 2. The number of hydrogen-bond donors (Lipinski definition) is 0. The number of aromatic nitrogens is 2. The maximum atomic E-state index is 13.5. The summed E-state index contributed by atoms with van der Waals surface area (Å²) in [5.41, 5.74) is 2.28. The first kappa shape index (κ1) is 18.0. The van der Waals surface area contributed by atoms with Gasteiger partial charge in [-0.05, 0) is 36.8 Å². The fourth-order valence-corrected chi connectivity index (χ4v) is 6.31. The van der Waals surface area contributed by atoms with Crippen LogP contribution in [-0.4, -0.2) is 51.1 Å². The molecule has 0 aliphatic carbocycles. The number of urea groups is 1. The minimum absolute atomic E-state index is 0.0692. The molecule has 2 fully saturated rings. The average Bonchev–Trinajstić information content (AvgIpc) is 2.74. The van der Waals surface area contributed by atoms with Crippen LogP contribution in [-0.2, 0) is 13.1 Å². The van der Waals surface area contributed by atoms with Gasteiger partial charge in [0.25, 0.3) is 11.1 Å². The molecule has 4 bridgehead atoms. The van der Waals surface area contributed by atoms with Crippen LogP contribution in [0.15, 0.2) is 46.0 Å². The van der Waals surface area contributed by atoms with Crippen molar-refractivity contribution in [1.82, 2.24) is 18.9 Å². The third-order valence-electron chi connectivity index (χ3n) is 7.50. The zero-order chi connectivity index (χ0) is 20.4. The number of pyridine rings is 2. The van der Waals surface area contributed by atoms with Crippen LogP contribution in [0.3, 0.4) is 0 Å². The Morgan fingerprint density at radius 2 is 1.13 bits per heavy atom. The third-order valence-corrected chi connectivity index (χ3v) is 7.50. The molecule has 0 radical (unpaired) electrons. The average molecular weight is 406 g/mol. The molecule has 156 valence electrons. The number of hydrogen-bond acceptors (Lipinski definition) is 3. The summed E-state index contributed by atoms with van der Waals surface area (Å²) < 4.78 is 3.81. The number of likely N-dealkylation sites (tertiary alicyclic amines) is 2. The number of carbonyl (C=O) groups is 1. The van der Waals surface area contributed by atoms with Crippen molar-refractivity contribution in [2.75, 3.05) is 26.2 Å². The number of amides is 2. The molecule has 6 rings (SSSR count). The van der Waals surface area contributed by atoms with Crippen LogP contribution in [0.5, 0.6) is 0 Å². The van der Waals surface area contributed by atoms with Gasteiger partial charge in [-0.3, -0.25) is 9.59 Å². The van der Waals surface area contributed by atoms with Crippen LogP contribution >= 0.6 is 0 Å². The van der Waals surface area contributed by atoms with Crippen LogP contribution in [0.1, 0.15) is 36.1 Å². The Labute approximate surface area is 174 Å². The minimum atomic E-state index is 0.0692. The molecule has 2 aromatic rings. The van der Waals surface area contributed by atoms with Gasteiger partial charge in [0, 0.05) is 74.6 Å². The van der Waals surface area contributed by atoms with Crippen molar-refractivity contribution < 1.29 is 4.79 Å². The van der Waals surface area contributed by atoms with E-state index >= 15 is 0 Å². The molecule has 7 nitrogen and oxygen atoms in total. The van der Waals surface area contributed by atoms with Crippen LogP contribution in [0.2, 0.25) is 0 Å². The summed E-state index contributed by atoms with van der Waals surface area (Å²) in [6, 6.07) is 11.1. The first-order chi connectivity index (χ1) is 14.6. The van der Waals surface area contributed by atoms with Crippen molar-refractivity contribution in [3.05, 3.63) is 68.5 Å². The van der Waals surface area contributed by atoms with Gasteiger partial charge >= 0.3 is 6.03 Å². The molecule has 6 heterocycles. The summed E-state index contributed by atoms with van der Waals surface area (Å²) >= 11 is 0. The van der Waals surface area contributed by atoms with Gasteiger partial charge in [-0.1, -0.05) is 12.1 Å². The fourth-order valence-electron chi connectivity index (χ4n) is 6.31. The molecular weight excluding hydrogens is 380 g/mol. The van der Waals surface area contributed by atoms with Crippen molar-refractivity contribution in [2.45, 2.75) is 37.8 Å². The van der Waals surface area contributed by atoms with Gasteiger partial charge in [-0.2, -0.15) is 0 Å². The summed E-state index contributed by atoms with van der Waals surface area (Å²) in [7, 11) is 0. The van der Waals surface area contributed by atoms with E-state index in [9.17, 15) is 14.4 Å². The molecule has 30 heavy (non-hydrogen) atoms. The molecule has 2 saturated heterocycles. The van der Waals surface area contributed by atoms with E-state index in [1.807, 2.05) is 43.2 Å². The fraction of sp³-hybridized carbons (Fsp3) is 0.522. The third kappa shape index (κ3) is 2.75. The molecule has 0 unspecified atom stereocenters. The molecular formula is C23H26N4O3. The number of fused-ring (bicyclic) bond motifs is 8. The Kier molecular flexibility index (Phi) is 3.95. The highest BCUT2D eigenvalue weighted by molar-refractivity contribution is 5.75. The summed E-state index contributed by atoms with van der Waals surface area (Å²) in [5.74, 6) is 1.14. The van der Waals surface area contributed by atoms with Crippen molar-refractivity contribution >= 4 is 6.03 Å². The second-order valence-electron chi connectivity index (χ2n) is 9.49. The highest BCUT2D eigenvalue weighted by Gasteiger charge is 2.41. The quantitative estimate of drug-likeness (QED) is 0.668. The first-order valence-corrected chi connectivity index (χ1v) is 11.0. The lowest BCUT2D eigenvalue weighted by Crippen LogP contribution is -2.56. The zero-order valence-electron chi connectivity index (χ0n) is 16.9. The highest BCUT2D eigenvalue weighted by Crippen LogP contribution is 2.38. The van der Waals surface area contributed by atoms with E-state index in [1.54, 1.807) is 12.1 Å². The molecule has 4 aliphatic heterocycles. The topological polar surface area (TPSA) is 67.6 Å². The normalized spacial score (nSPS) is 29.2. The van der Waals surface area contributed by atoms with Gasteiger partial charge in [0.2, 0.25) is 0 Å². The van der Waals surface area contributed by atoms with Crippen LogP contribution in [0.25, 0.3) is 0 Å². The van der Waals surface area contributed by atoms with Crippen LogP contribution < -0.4 is 11.1 Å². The van der Waals surface area contributed by atoms with Crippen LogP contribution in [0.4, 0.5) is 4.79 Å². The minimum Gasteiger partial charge on any atom is -0.324 e. The summed E-state index contributed by atoms with van der Waals surface area (Å²) in [6.07, 6.45) is 2.10. The van der Waals surface area contributed by atoms with E-state index in [1.165, 1.54) is 0 Å². The van der Waals surface area contributed by atoms with Gasteiger partial charge in [0.15, 0.2) is 0 Å². The molecule has 0 spiro atoms. The lowest BCUT2D eigenvalue weighted by molar-refractivity contribution is 0.0778. The molecule has 2 amide bonds. The Balaban J connectivity index is 1.24. The molecule has 0 saturated carbocycles. The largest absolute Gasteiger partial charge is 0.324 e. The second-order valence-corrected chi connectivity index (χ2v) is 9.49. The molecule has 7 heteroatoms. The van der Waals surface area contributed by atoms with Gasteiger partial charge in [-0.25, -0.2) is 4.79 Å². The lowest BCUT2D eigenvalue weighted by Gasteiger charge is -2.47. The number of nitrogens with zero attached hydrogens (tertiary/aromatic N) is 4.